The van der Waals surface area contributed by atoms with E-state index in [0.29, 0.717) is 45.4 Å². The zero-order valence-electron chi connectivity index (χ0n) is 17.6. The molecule has 0 saturated carbocycles. The highest BCUT2D eigenvalue weighted by molar-refractivity contribution is 5.84. The van der Waals surface area contributed by atoms with Crippen LogP contribution in [0.15, 0.2) is 48.5 Å². The average Bonchev–Trinajstić information content (AvgIpc) is 2.77. The fourth-order valence-electron chi connectivity index (χ4n) is 4.26. The number of carbonyl (C=O) groups excluding carboxylic acids is 2. The van der Waals surface area contributed by atoms with Gasteiger partial charge >= 0.3 is 0 Å². The Kier molecular flexibility index (Phi) is 7.21. The number of rotatable bonds is 7. The van der Waals surface area contributed by atoms with Gasteiger partial charge in [-0.3, -0.25) is 9.59 Å². The molecule has 1 saturated heterocycles. The number of nitrogens with zero attached hydrogens (tertiary/aromatic N) is 1. The Hall–Kier alpha value is -2.73. The van der Waals surface area contributed by atoms with Gasteiger partial charge < -0.3 is 15.0 Å². The van der Waals surface area contributed by atoms with Gasteiger partial charge in [0.25, 0.3) is 0 Å². The van der Waals surface area contributed by atoms with Crippen LogP contribution in [0.2, 0.25) is 0 Å². The Balaban J connectivity index is 1.84. The molecule has 0 unspecified atom stereocenters. The van der Waals surface area contributed by atoms with E-state index < -0.39 is 5.41 Å². The Morgan fingerprint density at radius 1 is 1.13 bits per heavy atom. The average molecular weight is 413 g/mol. The first-order chi connectivity index (χ1) is 14.5. The summed E-state index contributed by atoms with van der Waals surface area (Å²) >= 11 is 0. The van der Waals surface area contributed by atoms with E-state index in [9.17, 15) is 14.0 Å². The normalized spacial score (nSPS) is 15.6. The number of halogens is 1. The third-order valence-electron chi connectivity index (χ3n) is 5.98. The molecule has 2 aromatic carbocycles. The number of hydrogen-bond acceptors (Lipinski definition) is 3. The molecule has 1 aliphatic rings. The molecule has 0 radical (unpaired) electrons. The maximum atomic E-state index is 13.8. The number of amides is 2. The zero-order valence-corrected chi connectivity index (χ0v) is 17.6. The van der Waals surface area contributed by atoms with Crippen LogP contribution in [0.1, 0.15) is 24.8 Å². The van der Waals surface area contributed by atoms with Crippen LogP contribution < -0.4 is 5.32 Å². The smallest absolute Gasteiger partial charge is 0.226 e. The molecule has 3 rings (SSSR count). The number of ether oxygens (including phenoxy) is 1. The molecule has 5 nitrogen and oxygen atoms in total. The van der Waals surface area contributed by atoms with Crippen molar-refractivity contribution < 1.29 is 18.7 Å². The van der Waals surface area contributed by atoms with Crippen molar-refractivity contribution in [3.05, 3.63) is 59.9 Å². The van der Waals surface area contributed by atoms with Crippen molar-refractivity contribution in [2.24, 2.45) is 5.41 Å². The summed E-state index contributed by atoms with van der Waals surface area (Å²) in [6.07, 6.45) is 2.07. The largest absolute Gasteiger partial charge is 0.384 e. The van der Waals surface area contributed by atoms with Gasteiger partial charge in [-0.15, -0.1) is 0 Å². The summed E-state index contributed by atoms with van der Waals surface area (Å²) in [6, 6.07) is 14.3. The van der Waals surface area contributed by atoms with Gasteiger partial charge in [-0.2, -0.15) is 0 Å². The Labute approximate surface area is 177 Å². The lowest BCUT2D eigenvalue weighted by Gasteiger charge is -2.41. The summed E-state index contributed by atoms with van der Waals surface area (Å²) in [5.41, 5.74) is 2.13. The first-order valence-corrected chi connectivity index (χ1v) is 10.3. The summed E-state index contributed by atoms with van der Waals surface area (Å²) in [4.78, 5) is 27.1. The minimum atomic E-state index is -0.601. The van der Waals surface area contributed by atoms with Gasteiger partial charge in [0.2, 0.25) is 11.8 Å². The molecule has 0 aromatic heterocycles. The molecule has 0 bridgehead atoms. The zero-order chi connectivity index (χ0) is 21.6. The van der Waals surface area contributed by atoms with Crippen LogP contribution in [0, 0.1) is 11.2 Å². The van der Waals surface area contributed by atoms with Gasteiger partial charge in [-0.1, -0.05) is 36.4 Å². The summed E-state index contributed by atoms with van der Waals surface area (Å²) < 4.78 is 18.8. The van der Waals surface area contributed by atoms with Gasteiger partial charge in [0.05, 0.1) is 18.4 Å². The third-order valence-corrected chi connectivity index (χ3v) is 5.98. The van der Waals surface area contributed by atoms with Gasteiger partial charge in [-0.25, -0.2) is 4.39 Å². The van der Waals surface area contributed by atoms with Crippen molar-refractivity contribution in [1.29, 1.82) is 0 Å². The number of nitrogens with one attached hydrogen (secondary N) is 1. The van der Waals surface area contributed by atoms with Crippen molar-refractivity contribution in [3.8, 4) is 11.1 Å². The van der Waals surface area contributed by atoms with Gasteiger partial charge in [0, 0.05) is 27.2 Å². The van der Waals surface area contributed by atoms with Crippen LogP contribution in [-0.2, 0) is 20.7 Å². The van der Waals surface area contributed by atoms with E-state index in [1.165, 1.54) is 12.1 Å². The molecule has 1 aliphatic heterocycles. The van der Waals surface area contributed by atoms with Crippen molar-refractivity contribution in [3.63, 3.8) is 0 Å². The first kappa shape index (κ1) is 22.0. The van der Waals surface area contributed by atoms with E-state index >= 15 is 0 Å². The van der Waals surface area contributed by atoms with E-state index in [-0.39, 0.29) is 17.6 Å². The Morgan fingerprint density at radius 3 is 2.53 bits per heavy atom. The van der Waals surface area contributed by atoms with Crippen LogP contribution in [0.4, 0.5) is 4.39 Å². The number of piperidine rings is 1. The summed E-state index contributed by atoms with van der Waals surface area (Å²) in [5, 5.41) is 2.82. The predicted molar refractivity (Wildman–Crippen MR) is 114 cm³/mol. The minimum absolute atomic E-state index is 0.0134. The van der Waals surface area contributed by atoms with Crippen molar-refractivity contribution in [2.75, 3.05) is 33.9 Å². The van der Waals surface area contributed by atoms with Crippen molar-refractivity contribution >= 4 is 11.8 Å². The standard InChI is InChI=1S/C24H29FN2O3/c1-26-23(29)24(11-13-27(14-12-24)22(28)10-15-30-2)17-19-6-3-4-9-21(19)18-7-5-8-20(25)16-18/h3-9,16H,10-15,17H2,1-2H3,(H,26,29). The third kappa shape index (κ3) is 4.87. The molecule has 1 heterocycles. The van der Waals surface area contributed by atoms with E-state index in [0.717, 1.165) is 16.7 Å². The molecule has 6 heteroatoms. The van der Waals surface area contributed by atoms with Crippen LogP contribution in [0.5, 0.6) is 0 Å². The number of likely N-dealkylation sites (tertiary alicyclic amines) is 1. The maximum absolute atomic E-state index is 13.8. The maximum Gasteiger partial charge on any atom is 0.226 e. The number of methoxy groups -OCH3 is 1. The molecular formula is C24H29FN2O3. The number of hydrogen-bond donors (Lipinski definition) is 1. The molecule has 2 amide bonds. The summed E-state index contributed by atoms with van der Waals surface area (Å²) in [5.74, 6) is -0.241. The van der Waals surface area contributed by atoms with E-state index in [1.54, 1.807) is 20.2 Å². The lowest BCUT2D eigenvalue weighted by atomic mass is 9.72. The minimum Gasteiger partial charge on any atom is -0.384 e. The van der Waals surface area contributed by atoms with Crippen molar-refractivity contribution in [1.82, 2.24) is 10.2 Å². The fourth-order valence-corrected chi connectivity index (χ4v) is 4.26. The SMILES string of the molecule is CNC(=O)C1(Cc2ccccc2-c2cccc(F)c2)CCN(C(=O)CCOC)CC1. The second kappa shape index (κ2) is 9.85. The van der Waals surface area contributed by atoms with Crippen LogP contribution in [0.3, 0.4) is 0 Å². The Bertz CT molecular complexity index is 892. The van der Waals surface area contributed by atoms with Crippen molar-refractivity contribution in [2.45, 2.75) is 25.7 Å². The van der Waals surface area contributed by atoms with E-state index in [2.05, 4.69) is 5.32 Å². The molecule has 30 heavy (non-hydrogen) atoms. The van der Waals surface area contributed by atoms with Crippen LogP contribution >= 0.6 is 0 Å². The lowest BCUT2D eigenvalue weighted by molar-refractivity contribution is -0.140. The predicted octanol–water partition coefficient (Wildman–Crippen LogP) is 3.43. The molecule has 1 N–H and O–H groups in total. The topological polar surface area (TPSA) is 58.6 Å². The highest BCUT2D eigenvalue weighted by atomic mass is 19.1. The molecule has 160 valence electrons. The first-order valence-electron chi connectivity index (χ1n) is 10.3. The van der Waals surface area contributed by atoms with E-state index in [4.69, 9.17) is 4.74 Å². The number of benzene rings is 2. The summed E-state index contributed by atoms with van der Waals surface area (Å²) in [6.45, 7) is 1.48. The fraction of sp³-hybridized carbons (Fsp3) is 0.417. The molecule has 0 atom stereocenters. The highest BCUT2D eigenvalue weighted by Gasteiger charge is 2.42. The molecule has 1 fully saturated rings. The number of carbonyl (C=O) groups is 2. The van der Waals surface area contributed by atoms with Gasteiger partial charge in [-0.05, 0) is 48.1 Å². The quantitative estimate of drug-likeness (QED) is 0.758. The second-order valence-corrected chi connectivity index (χ2v) is 7.83. The Morgan fingerprint density at radius 2 is 1.87 bits per heavy atom. The van der Waals surface area contributed by atoms with Crippen LogP contribution in [0.25, 0.3) is 11.1 Å². The highest BCUT2D eigenvalue weighted by Crippen LogP contribution is 2.38. The van der Waals surface area contributed by atoms with Gasteiger partial charge in [0.15, 0.2) is 0 Å². The van der Waals surface area contributed by atoms with E-state index in [1.807, 2.05) is 35.2 Å². The lowest BCUT2D eigenvalue weighted by Crippen LogP contribution is -2.50. The molecular weight excluding hydrogens is 383 g/mol. The molecule has 0 aliphatic carbocycles. The molecule has 2 aromatic rings. The monoisotopic (exact) mass is 412 g/mol. The molecule has 0 spiro atoms. The van der Waals surface area contributed by atoms with Crippen LogP contribution in [-0.4, -0.2) is 50.6 Å². The second-order valence-electron chi connectivity index (χ2n) is 7.83. The van der Waals surface area contributed by atoms with Gasteiger partial charge in [0.1, 0.15) is 5.82 Å². The summed E-state index contributed by atoms with van der Waals surface area (Å²) in [7, 11) is 3.23.